The summed E-state index contributed by atoms with van der Waals surface area (Å²) in [6, 6.07) is 6.00. The molecule has 100 valence electrons. The van der Waals surface area contributed by atoms with E-state index in [9.17, 15) is 18.5 Å². The molecular formula is C11H11N3O4S. The number of hydrogen-bond donors (Lipinski definition) is 0. The molecule has 0 aliphatic rings. The van der Waals surface area contributed by atoms with Crippen molar-refractivity contribution in [1.82, 2.24) is 9.78 Å². The first-order valence-corrected chi connectivity index (χ1v) is 7.19. The van der Waals surface area contributed by atoms with E-state index < -0.39 is 14.8 Å². The monoisotopic (exact) mass is 281 g/mol. The Morgan fingerprint density at radius 1 is 1.26 bits per heavy atom. The van der Waals surface area contributed by atoms with Crippen LogP contribution in [0.1, 0.15) is 5.69 Å². The molecule has 1 aromatic heterocycles. The number of sulfone groups is 1. The van der Waals surface area contributed by atoms with Crippen LogP contribution in [0.2, 0.25) is 0 Å². The minimum atomic E-state index is -3.26. The van der Waals surface area contributed by atoms with Crippen molar-refractivity contribution < 1.29 is 13.3 Å². The Morgan fingerprint density at radius 2 is 1.84 bits per heavy atom. The Morgan fingerprint density at radius 3 is 2.26 bits per heavy atom. The lowest BCUT2D eigenvalue weighted by molar-refractivity contribution is -0.385. The first-order valence-electron chi connectivity index (χ1n) is 5.30. The summed E-state index contributed by atoms with van der Waals surface area (Å²) in [5.74, 6) is 0. The second kappa shape index (κ2) is 4.47. The van der Waals surface area contributed by atoms with E-state index in [1.807, 2.05) is 0 Å². The van der Waals surface area contributed by atoms with E-state index in [2.05, 4.69) is 5.10 Å². The topological polar surface area (TPSA) is 95.1 Å². The van der Waals surface area contributed by atoms with Crippen molar-refractivity contribution in [3.63, 3.8) is 0 Å². The predicted molar refractivity (Wildman–Crippen MR) is 68.1 cm³/mol. The van der Waals surface area contributed by atoms with Gasteiger partial charge >= 0.3 is 5.69 Å². The van der Waals surface area contributed by atoms with Crippen molar-refractivity contribution in [2.75, 3.05) is 6.26 Å². The van der Waals surface area contributed by atoms with E-state index in [1.54, 1.807) is 19.1 Å². The van der Waals surface area contributed by atoms with Gasteiger partial charge in [-0.1, -0.05) is 0 Å². The lowest BCUT2D eigenvalue weighted by atomic mass is 10.3. The van der Waals surface area contributed by atoms with Crippen molar-refractivity contribution in [2.45, 2.75) is 11.8 Å². The summed E-state index contributed by atoms with van der Waals surface area (Å²) in [6.45, 7) is 1.58. The molecule has 0 radical (unpaired) electrons. The molecule has 2 rings (SSSR count). The molecule has 1 heterocycles. The van der Waals surface area contributed by atoms with Crippen molar-refractivity contribution in [2.24, 2.45) is 0 Å². The molecule has 19 heavy (non-hydrogen) atoms. The first kappa shape index (κ1) is 13.2. The van der Waals surface area contributed by atoms with E-state index in [4.69, 9.17) is 0 Å². The molecule has 1 aromatic carbocycles. The smallest absolute Gasteiger partial charge is 0.258 e. The molecule has 0 unspecified atom stereocenters. The highest BCUT2D eigenvalue weighted by Gasteiger charge is 2.17. The van der Waals surface area contributed by atoms with Crippen LogP contribution in [0.5, 0.6) is 0 Å². The Balaban J connectivity index is 2.46. The van der Waals surface area contributed by atoms with Gasteiger partial charge in [-0.2, -0.15) is 5.10 Å². The third-order valence-electron chi connectivity index (χ3n) is 2.69. The normalized spacial score (nSPS) is 11.5. The minimum absolute atomic E-state index is 0.0767. The maximum Gasteiger partial charge on any atom is 0.310 e. The molecule has 0 amide bonds. The van der Waals surface area contributed by atoms with Gasteiger partial charge in [0.15, 0.2) is 9.84 Å². The number of benzene rings is 1. The van der Waals surface area contributed by atoms with Gasteiger partial charge in [0.25, 0.3) is 0 Å². The van der Waals surface area contributed by atoms with Crippen molar-refractivity contribution in [1.29, 1.82) is 0 Å². The molecule has 0 spiro atoms. The van der Waals surface area contributed by atoms with Crippen LogP contribution in [0.25, 0.3) is 5.69 Å². The maximum absolute atomic E-state index is 11.3. The molecule has 7 nitrogen and oxygen atoms in total. The van der Waals surface area contributed by atoms with Gasteiger partial charge in [0.2, 0.25) is 0 Å². The molecule has 0 saturated carbocycles. The Labute approximate surface area is 109 Å². The lowest BCUT2D eigenvalue weighted by Crippen LogP contribution is -2.01. The van der Waals surface area contributed by atoms with Gasteiger partial charge in [-0.3, -0.25) is 10.1 Å². The fourth-order valence-electron chi connectivity index (χ4n) is 1.68. The van der Waals surface area contributed by atoms with Gasteiger partial charge in [0, 0.05) is 6.26 Å². The minimum Gasteiger partial charge on any atom is -0.258 e. The highest BCUT2D eigenvalue weighted by Crippen LogP contribution is 2.21. The van der Waals surface area contributed by atoms with E-state index in [0.717, 1.165) is 6.26 Å². The summed E-state index contributed by atoms with van der Waals surface area (Å²) >= 11 is 0. The highest BCUT2D eigenvalue weighted by atomic mass is 32.2. The summed E-state index contributed by atoms with van der Waals surface area (Å²) in [4.78, 5) is 10.4. The van der Waals surface area contributed by atoms with Gasteiger partial charge in [-0.15, -0.1) is 0 Å². The van der Waals surface area contributed by atoms with Crippen LogP contribution in [0.4, 0.5) is 5.69 Å². The maximum atomic E-state index is 11.3. The van der Waals surface area contributed by atoms with E-state index >= 15 is 0 Å². The Bertz CT molecular complexity index is 732. The van der Waals surface area contributed by atoms with Crippen LogP contribution in [0.15, 0.2) is 35.4 Å². The van der Waals surface area contributed by atoms with Gasteiger partial charge in [-0.25, -0.2) is 13.1 Å². The second-order valence-corrected chi connectivity index (χ2v) is 6.07. The van der Waals surface area contributed by atoms with E-state index in [-0.39, 0.29) is 10.6 Å². The van der Waals surface area contributed by atoms with Crippen LogP contribution in [0.3, 0.4) is 0 Å². The van der Waals surface area contributed by atoms with Crippen LogP contribution in [-0.2, 0) is 9.84 Å². The van der Waals surface area contributed by atoms with Gasteiger partial charge in [-0.05, 0) is 31.2 Å². The second-order valence-electron chi connectivity index (χ2n) is 4.05. The molecular weight excluding hydrogens is 270 g/mol. The van der Waals surface area contributed by atoms with Gasteiger partial charge < -0.3 is 0 Å². The van der Waals surface area contributed by atoms with E-state index in [1.165, 1.54) is 23.0 Å². The zero-order valence-corrected chi connectivity index (χ0v) is 11.1. The summed E-state index contributed by atoms with van der Waals surface area (Å²) < 4.78 is 24.1. The summed E-state index contributed by atoms with van der Waals surface area (Å²) in [5.41, 5.74) is 0.877. The molecule has 0 N–H and O–H groups in total. The van der Waals surface area contributed by atoms with Crippen molar-refractivity contribution in [3.8, 4) is 5.69 Å². The molecule has 2 aromatic rings. The standard InChI is InChI=1S/C11H11N3O4S/c1-8-11(14(15)16)7-12-13(8)9-3-5-10(6-4-9)19(2,17)18/h3-7H,1-2H3. The molecule has 0 bridgehead atoms. The quantitative estimate of drug-likeness (QED) is 0.627. The third-order valence-corrected chi connectivity index (χ3v) is 3.82. The Kier molecular flexibility index (Phi) is 3.11. The van der Waals surface area contributed by atoms with Crippen LogP contribution >= 0.6 is 0 Å². The average molecular weight is 281 g/mol. The molecule has 0 atom stereocenters. The van der Waals surface area contributed by atoms with Crippen molar-refractivity contribution >= 4 is 15.5 Å². The Hall–Kier alpha value is -2.22. The predicted octanol–water partition coefficient (Wildman–Crippen LogP) is 1.49. The van der Waals surface area contributed by atoms with Crippen LogP contribution in [-0.4, -0.2) is 29.4 Å². The third kappa shape index (κ3) is 2.48. The van der Waals surface area contributed by atoms with Crippen LogP contribution in [0, 0.1) is 17.0 Å². The largest absolute Gasteiger partial charge is 0.310 e. The SMILES string of the molecule is Cc1c([N+](=O)[O-])cnn1-c1ccc(S(C)(=O)=O)cc1. The van der Waals surface area contributed by atoms with E-state index in [0.29, 0.717) is 11.4 Å². The average Bonchev–Trinajstić information content (AvgIpc) is 2.70. The molecule has 0 saturated heterocycles. The van der Waals surface area contributed by atoms with Crippen molar-refractivity contribution in [3.05, 3.63) is 46.3 Å². The number of nitro groups is 1. The van der Waals surface area contributed by atoms with Gasteiger partial charge in [0.05, 0.1) is 15.5 Å². The zero-order chi connectivity index (χ0) is 14.2. The highest BCUT2D eigenvalue weighted by molar-refractivity contribution is 7.90. The number of nitrogens with zero attached hydrogens (tertiary/aromatic N) is 3. The first-order chi connectivity index (χ1) is 8.80. The molecule has 0 aliphatic heterocycles. The molecule has 0 fully saturated rings. The van der Waals surface area contributed by atoms with Gasteiger partial charge in [0.1, 0.15) is 11.9 Å². The summed E-state index contributed by atoms with van der Waals surface area (Å²) in [7, 11) is -3.26. The number of rotatable bonds is 3. The lowest BCUT2D eigenvalue weighted by Gasteiger charge is -2.04. The van der Waals surface area contributed by atoms with Crippen LogP contribution < -0.4 is 0 Å². The fraction of sp³-hybridized carbons (Fsp3) is 0.182. The molecule has 0 aliphatic carbocycles. The number of hydrogen-bond acceptors (Lipinski definition) is 5. The fourth-order valence-corrected chi connectivity index (χ4v) is 2.31. The zero-order valence-electron chi connectivity index (χ0n) is 10.3. The summed E-state index contributed by atoms with van der Waals surface area (Å²) in [6.07, 6.45) is 2.28. The summed E-state index contributed by atoms with van der Waals surface area (Å²) in [5, 5.41) is 14.6. The molecule has 8 heteroatoms. The number of aromatic nitrogens is 2.